The zero-order valence-corrected chi connectivity index (χ0v) is 13.5. The zero-order valence-electron chi connectivity index (χ0n) is 13.5. The Hall–Kier alpha value is -3.29. The van der Waals surface area contributed by atoms with Gasteiger partial charge in [0.15, 0.2) is 5.82 Å². The lowest BCUT2D eigenvalue weighted by molar-refractivity contribution is 0.395. The number of hydrogen-bond donors (Lipinski definition) is 2. The number of nitrogens with one attached hydrogen (secondary N) is 2. The normalized spacial score (nSPS) is 10.3. The molecule has 2 aromatic heterocycles. The molecule has 1 aromatic carbocycles. The van der Waals surface area contributed by atoms with Crippen molar-refractivity contribution in [2.24, 2.45) is 0 Å². The second-order valence-electron chi connectivity index (χ2n) is 4.93. The maximum absolute atomic E-state index is 5.36. The number of hydrogen-bond acceptors (Lipinski definition) is 8. The highest BCUT2D eigenvalue weighted by molar-refractivity contribution is 5.67. The van der Waals surface area contributed by atoms with E-state index in [1.807, 2.05) is 19.1 Å². The van der Waals surface area contributed by atoms with Gasteiger partial charge in [-0.15, -0.1) is 0 Å². The van der Waals surface area contributed by atoms with Crippen molar-refractivity contribution in [1.82, 2.24) is 15.1 Å². The second kappa shape index (κ2) is 6.86. The van der Waals surface area contributed by atoms with Crippen LogP contribution in [0.15, 0.2) is 41.2 Å². The van der Waals surface area contributed by atoms with Gasteiger partial charge in [0, 0.05) is 18.2 Å². The van der Waals surface area contributed by atoms with Gasteiger partial charge in [-0.05, 0) is 19.1 Å². The summed E-state index contributed by atoms with van der Waals surface area (Å²) in [6.45, 7) is 1.82. The van der Waals surface area contributed by atoms with Crippen molar-refractivity contribution in [3.63, 3.8) is 0 Å². The minimum absolute atomic E-state index is 0.583. The molecule has 0 unspecified atom stereocenters. The molecule has 0 saturated carbocycles. The third kappa shape index (κ3) is 3.54. The molecule has 2 heterocycles. The summed E-state index contributed by atoms with van der Waals surface area (Å²) in [4.78, 5) is 8.37. The van der Waals surface area contributed by atoms with Gasteiger partial charge in [-0.25, -0.2) is 9.97 Å². The van der Waals surface area contributed by atoms with Crippen LogP contribution in [0, 0.1) is 6.92 Å². The molecule has 0 spiro atoms. The molecule has 24 heavy (non-hydrogen) atoms. The van der Waals surface area contributed by atoms with Gasteiger partial charge < -0.3 is 24.6 Å². The standard InChI is InChI=1S/C16H17N5O3/c1-10-6-16(21-24-10)20-15-8-14(17-9-18-15)19-12-5-4-11(22-2)7-13(12)23-3/h4-9H,1-3H3,(H2,17,18,19,20,21). The highest BCUT2D eigenvalue weighted by Gasteiger charge is 2.08. The number of methoxy groups -OCH3 is 2. The SMILES string of the molecule is COc1ccc(Nc2cc(Nc3cc(C)on3)ncn2)c(OC)c1. The lowest BCUT2D eigenvalue weighted by Crippen LogP contribution is -2.00. The summed E-state index contributed by atoms with van der Waals surface area (Å²) in [5.41, 5.74) is 0.764. The van der Waals surface area contributed by atoms with Gasteiger partial charge in [0.1, 0.15) is 35.2 Å². The molecule has 124 valence electrons. The predicted octanol–water partition coefficient (Wildman–Crippen LogP) is 3.28. The lowest BCUT2D eigenvalue weighted by atomic mass is 10.2. The van der Waals surface area contributed by atoms with E-state index in [9.17, 15) is 0 Å². The van der Waals surface area contributed by atoms with Crippen molar-refractivity contribution < 1.29 is 14.0 Å². The van der Waals surface area contributed by atoms with Crippen LogP contribution in [0.25, 0.3) is 0 Å². The predicted molar refractivity (Wildman–Crippen MR) is 89.4 cm³/mol. The summed E-state index contributed by atoms with van der Waals surface area (Å²) in [5.74, 6) is 3.86. The monoisotopic (exact) mass is 327 g/mol. The Kier molecular flexibility index (Phi) is 4.46. The fourth-order valence-electron chi connectivity index (χ4n) is 2.09. The summed E-state index contributed by atoms with van der Waals surface area (Å²) < 4.78 is 15.6. The summed E-state index contributed by atoms with van der Waals surface area (Å²) in [6, 6.07) is 9.02. The third-order valence-electron chi connectivity index (χ3n) is 3.22. The van der Waals surface area contributed by atoms with Crippen molar-refractivity contribution in [3.05, 3.63) is 42.4 Å². The smallest absolute Gasteiger partial charge is 0.175 e. The highest BCUT2D eigenvalue weighted by atomic mass is 16.5. The lowest BCUT2D eigenvalue weighted by Gasteiger charge is -2.12. The van der Waals surface area contributed by atoms with Crippen LogP contribution in [0.5, 0.6) is 11.5 Å². The molecule has 8 heteroatoms. The minimum Gasteiger partial charge on any atom is -0.497 e. The van der Waals surface area contributed by atoms with E-state index >= 15 is 0 Å². The Morgan fingerprint density at radius 3 is 2.38 bits per heavy atom. The molecule has 2 N–H and O–H groups in total. The van der Waals surface area contributed by atoms with Crippen LogP contribution in [-0.4, -0.2) is 29.3 Å². The van der Waals surface area contributed by atoms with Gasteiger partial charge in [0.2, 0.25) is 0 Å². The van der Waals surface area contributed by atoms with Crippen LogP contribution in [0.2, 0.25) is 0 Å². The number of aryl methyl sites for hydroxylation is 1. The first-order chi connectivity index (χ1) is 11.7. The third-order valence-corrected chi connectivity index (χ3v) is 3.22. The molecule has 0 atom stereocenters. The van der Waals surface area contributed by atoms with Gasteiger partial charge in [-0.1, -0.05) is 5.16 Å². The maximum Gasteiger partial charge on any atom is 0.175 e. The summed E-state index contributed by atoms with van der Waals surface area (Å²) in [7, 11) is 3.20. The van der Waals surface area contributed by atoms with Crippen LogP contribution in [0.1, 0.15) is 5.76 Å². The zero-order chi connectivity index (χ0) is 16.9. The fourth-order valence-corrected chi connectivity index (χ4v) is 2.09. The van der Waals surface area contributed by atoms with Gasteiger partial charge in [-0.3, -0.25) is 0 Å². The van der Waals surface area contributed by atoms with Gasteiger partial charge >= 0.3 is 0 Å². The molecule has 0 aliphatic rings. The average Bonchev–Trinajstić information content (AvgIpc) is 3.00. The first-order valence-corrected chi connectivity index (χ1v) is 7.19. The van der Waals surface area contributed by atoms with E-state index in [1.54, 1.807) is 32.4 Å². The van der Waals surface area contributed by atoms with Crippen LogP contribution in [0.4, 0.5) is 23.1 Å². The molecule has 3 rings (SSSR count). The Morgan fingerprint density at radius 2 is 1.71 bits per heavy atom. The van der Waals surface area contributed by atoms with Gasteiger partial charge in [0.25, 0.3) is 0 Å². The Bertz CT molecular complexity index is 834. The number of anilines is 4. The van der Waals surface area contributed by atoms with E-state index in [0.717, 1.165) is 5.69 Å². The van der Waals surface area contributed by atoms with Gasteiger partial charge in [0.05, 0.1) is 19.9 Å². The van der Waals surface area contributed by atoms with E-state index in [4.69, 9.17) is 14.0 Å². The first-order valence-electron chi connectivity index (χ1n) is 7.19. The molecule has 0 radical (unpaired) electrons. The van der Waals surface area contributed by atoms with E-state index in [0.29, 0.717) is 34.7 Å². The molecular formula is C16H17N5O3. The number of benzene rings is 1. The van der Waals surface area contributed by atoms with Crippen molar-refractivity contribution in [3.8, 4) is 11.5 Å². The van der Waals surface area contributed by atoms with E-state index in [1.165, 1.54) is 6.33 Å². The van der Waals surface area contributed by atoms with E-state index in [2.05, 4.69) is 25.8 Å². The first kappa shape index (κ1) is 15.6. The Morgan fingerprint density at radius 1 is 0.917 bits per heavy atom. The molecule has 0 saturated heterocycles. The molecule has 0 fully saturated rings. The van der Waals surface area contributed by atoms with Crippen molar-refractivity contribution in [2.45, 2.75) is 6.92 Å². The van der Waals surface area contributed by atoms with Gasteiger partial charge in [-0.2, -0.15) is 0 Å². The second-order valence-corrected chi connectivity index (χ2v) is 4.93. The van der Waals surface area contributed by atoms with Crippen molar-refractivity contribution in [1.29, 1.82) is 0 Å². The molecule has 0 amide bonds. The van der Waals surface area contributed by atoms with E-state index < -0.39 is 0 Å². The van der Waals surface area contributed by atoms with Crippen LogP contribution in [-0.2, 0) is 0 Å². The molecule has 8 nitrogen and oxygen atoms in total. The minimum atomic E-state index is 0.583. The number of rotatable bonds is 6. The Labute approximate surface area is 138 Å². The molecular weight excluding hydrogens is 310 g/mol. The average molecular weight is 327 g/mol. The number of aromatic nitrogens is 3. The molecule has 0 aliphatic heterocycles. The summed E-state index contributed by atoms with van der Waals surface area (Å²) in [5, 5.41) is 10.1. The van der Waals surface area contributed by atoms with Crippen LogP contribution >= 0.6 is 0 Å². The Balaban J connectivity index is 1.79. The van der Waals surface area contributed by atoms with Crippen LogP contribution < -0.4 is 20.1 Å². The molecule has 3 aromatic rings. The van der Waals surface area contributed by atoms with Crippen molar-refractivity contribution in [2.75, 3.05) is 24.9 Å². The molecule has 0 aliphatic carbocycles. The summed E-state index contributed by atoms with van der Waals surface area (Å²) >= 11 is 0. The number of nitrogens with zero attached hydrogens (tertiary/aromatic N) is 3. The quantitative estimate of drug-likeness (QED) is 0.712. The largest absolute Gasteiger partial charge is 0.497 e. The maximum atomic E-state index is 5.36. The van der Waals surface area contributed by atoms with Crippen molar-refractivity contribution >= 4 is 23.1 Å². The van der Waals surface area contributed by atoms with E-state index in [-0.39, 0.29) is 0 Å². The van der Waals surface area contributed by atoms with Crippen LogP contribution in [0.3, 0.4) is 0 Å². The summed E-state index contributed by atoms with van der Waals surface area (Å²) in [6.07, 6.45) is 1.45. The topological polar surface area (TPSA) is 94.3 Å². The highest BCUT2D eigenvalue weighted by Crippen LogP contribution is 2.31. The fraction of sp³-hybridized carbons (Fsp3) is 0.188. The molecule has 0 bridgehead atoms. The number of ether oxygens (including phenoxy) is 2.